The van der Waals surface area contributed by atoms with Crippen LogP contribution in [0.2, 0.25) is 0 Å². The van der Waals surface area contributed by atoms with Crippen LogP contribution in [0.25, 0.3) is 0 Å². The average molecular weight is 182 g/mol. The molecule has 0 saturated heterocycles. The van der Waals surface area contributed by atoms with Crippen molar-refractivity contribution in [1.82, 2.24) is 0 Å². The number of halogens is 4. The molecule has 0 aliphatic rings. The van der Waals surface area contributed by atoms with Gasteiger partial charge in [0, 0.05) is 0 Å². The van der Waals surface area contributed by atoms with E-state index in [4.69, 9.17) is 46.4 Å². The van der Waals surface area contributed by atoms with E-state index in [1.54, 1.807) is 0 Å². The summed E-state index contributed by atoms with van der Waals surface area (Å²) in [5, 5.41) is 0.194. The lowest BCUT2D eigenvalue weighted by Gasteiger charge is -1.57. The van der Waals surface area contributed by atoms with Crippen LogP contribution in [0.3, 0.4) is 0 Å². The second kappa shape index (κ2) is 10.0. The molecular formula is C3H4Cl4. The highest BCUT2D eigenvalue weighted by Gasteiger charge is 1.60. The molecule has 7 heavy (non-hydrogen) atoms. The van der Waals surface area contributed by atoms with Crippen molar-refractivity contribution in [3.8, 4) is 0 Å². The van der Waals surface area contributed by atoms with Gasteiger partial charge in [-0.05, 0) is 0 Å². The van der Waals surface area contributed by atoms with Crippen molar-refractivity contribution in [2.75, 3.05) is 5.34 Å². The van der Waals surface area contributed by atoms with Crippen LogP contribution < -0.4 is 0 Å². The van der Waals surface area contributed by atoms with Gasteiger partial charge in [-0.2, -0.15) is 0 Å². The van der Waals surface area contributed by atoms with Crippen molar-refractivity contribution in [3.05, 3.63) is 11.1 Å². The van der Waals surface area contributed by atoms with Gasteiger partial charge in [0.15, 0.2) is 0 Å². The lowest BCUT2D eigenvalue weighted by Crippen LogP contribution is -1.24. The normalized spacial score (nSPS) is 6.29. The molecule has 0 unspecified atom stereocenters. The maximum Gasteiger partial charge on any atom is 0.0992 e. The zero-order chi connectivity index (χ0) is 6.28. The smallest absolute Gasteiger partial charge is 0.0992 e. The van der Waals surface area contributed by atoms with Gasteiger partial charge in [-0.15, -0.1) is 23.2 Å². The fourth-order valence-electron chi connectivity index (χ4n) is 0. The third kappa shape index (κ3) is 205. The number of hydrogen-bond acceptors (Lipinski definition) is 0. The van der Waals surface area contributed by atoms with Crippen molar-refractivity contribution in [3.63, 3.8) is 0 Å². The molecule has 0 aromatic rings. The summed E-state index contributed by atoms with van der Waals surface area (Å²) in [5.41, 5.74) is 0. The Morgan fingerprint density at radius 1 is 1.29 bits per heavy atom. The van der Waals surface area contributed by atoms with E-state index in [1.165, 1.54) is 0 Å². The highest BCUT2D eigenvalue weighted by Crippen LogP contribution is 1.98. The molecule has 0 rings (SSSR count). The van der Waals surface area contributed by atoms with Crippen molar-refractivity contribution in [1.29, 1.82) is 0 Å². The van der Waals surface area contributed by atoms with Gasteiger partial charge in [0.25, 0.3) is 0 Å². The molecule has 0 N–H and O–H groups in total. The Kier molecular flexibility index (Phi) is 15.4. The van der Waals surface area contributed by atoms with E-state index in [0.29, 0.717) is 0 Å². The zero-order valence-corrected chi connectivity index (χ0v) is 6.45. The van der Waals surface area contributed by atoms with Crippen molar-refractivity contribution >= 4 is 46.4 Å². The Hall–Kier alpha value is 0.900. The third-order valence-corrected chi connectivity index (χ3v) is 0. The molecule has 0 saturated carbocycles. The predicted octanol–water partition coefficient (Wildman–Crippen LogP) is 3.36. The van der Waals surface area contributed by atoms with Gasteiger partial charge in [0.1, 0.15) is 0 Å². The predicted molar refractivity (Wildman–Crippen MR) is 37.4 cm³/mol. The Morgan fingerprint density at radius 3 is 1.29 bits per heavy atom. The molecule has 0 fully saturated rings. The van der Waals surface area contributed by atoms with Gasteiger partial charge in [0.2, 0.25) is 0 Å². The summed E-state index contributed by atoms with van der Waals surface area (Å²) in [6, 6.07) is 0. The van der Waals surface area contributed by atoms with Crippen LogP contribution in [-0.4, -0.2) is 5.34 Å². The molecule has 0 nitrogen and oxygen atoms in total. The van der Waals surface area contributed by atoms with Crippen LogP contribution in [0.15, 0.2) is 11.1 Å². The summed E-state index contributed by atoms with van der Waals surface area (Å²) in [6.45, 7) is 3.09. The first-order valence-corrected chi connectivity index (χ1v) is 3.09. The van der Waals surface area contributed by atoms with Crippen molar-refractivity contribution < 1.29 is 0 Å². The van der Waals surface area contributed by atoms with Gasteiger partial charge < -0.3 is 0 Å². The first-order chi connectivity index (χ1) is 3.15. The van der Waals surface area contributed by atoms with Gasteiger partial charge in [-0.25, -0.2) is 0 Å². The highest BCUT2D eigenvalue weighted by molar-refractivity contribution is 6.55. The van der Waals surface area contributed by atoms with Crippen LogP contribution in [-0.2, 0) is 0 Å². The molecule has 0 amide bonds. The first-order valence-electron chi connectivity index (χ1n) is 1.27. The minimum Gasteiger partial charge on any atom is -0.109 e. The Labute approximate surface area is 63.0 Å². The fraction of sp³-hybridized carbons (Fsp3) is 0.333. The molecule has 0 spiro atoms. The van der Waals surface area contributed by atoms with E-state index in [9.17, 15) is 0 Å². The van der Waals surface area contributed by atoms with E-state index in [2.05, 4.69) is 6.58 Å². The SMILES string of the molecule is C=C(Cl)Cl.ClCCl. The van der Waals surface area contributed by atoms with Crippen molar-refractivity contribution in [2.45, 2.75) is 0 Å². The Bertz CT molecular complexity index is 38.2. The third-order valence-electron chi connectivity index (χ3n) is 0. The van der Waals surface area contributed by atoms with E-state index in [-0.39, 0.29) is 9.83 Å². The fourth-order valence-corrected chi connectivity index (χ4v) is 0. The van der Waals surface area contributed by atoms with Gasteiger partial charge in [-0.3, -0.25) is 0 Å². The lowest BCUT2D eigenvalue weighted by molar-refractivity contribution is 2.20. The summed E-state index contributed by atoms with van der Waals surface area (Å²) in [7, 11) is 0. The largest absolute Gasteiger partial charge is 0.109 e. The highest BCUT2D eigenvalue weighted by atomic mass is 35.5. The summed E-state index contributed by atoms with van der Waals surface area (Å²) >= 11 is 19.2. The monoisotopic (exact) mass is 180 g/mol. The topological polar surface area (TPSA) is 0 Å². The number of alkyl halides is 2. The van der Waals surface area contributed by atoms with E-state index >= 15 is 0 Å². The van der Waals surface area contributed by atoms with Crippen LogP contribution in [0, 0.1) is 0 Å². The average Bonchev–Trinajstić information content (AvgIpc) is 1.33. The van der Waals surface area contributed by atoms with Gasteiger partial charge in [-0.1, -0.05) is 29.8 Å². The minimum atomic E-state index is 0.111. The Balaban J connectivity index is 0. The van der Waals surface area contributed by atoms with Gasteiger partial charge in [0.05, 0.1) is 9.83 Å². The molecule has 0 aliphatic heterocycles. The molecule has 0 heterocycles. The summed E-state index contributed by atoms with van der Waals surface area (Å²) in [4.78, 5) is 0. The summed E-state index contributed by atoms with van der Waals surface area (Å²) in [6.07, 6.45) is 0. The zero-order valence-electron chi connectivity index (χ0n) is 3.43. The van der Waals surface area contributed by atoms with E-state index in [1.807, 2.05) is 0 Å². The van der Waals surface area contributed by atoms with E-state index < -0.39 is 0 Å². The van der Waals surface area contributed by atoms with Crippen LogP contribution >= 0.6 is 46.4 Å². The molecule has 0 aliphatic carbocycles. The maximum absolute atomic E-state index is 4.85. The standard InChI is InChI=1S/C2H2Cl2.CH2Cl2/c1-2(3)4;2-1-3/h1H2;1H2. The molecule has 0 atom stereocenters. The van der Waals surface area contributed by atoms with Crippen LogP contribution in [0.4, 0.5) is 0 Å². The molecule has 0 bridgehead atoms. The second-order valence-electron chi connectivity index (χ2n) is 0.440. The number of rotatable bonds is 0. The summed E-state index contributed by atoms with van der Waals surface area (Å²) < 4.78 is 0.111. The molecule has 4 heteroatoms. The molecule has 44 valence electrons. The van der Waals surface area contributed by atoms with Crippen LogP contribution in [0.1, 0.15) is 0 Å². The van der Waals surface area contributed by atoms with Crippen LogP contribution in [0.5, 0.6) is 0 Å². The molecule has 0 radical (unpaired) electrons. The maximum atomic E-state index is 4.85. The molecule has 0 aromatic heterocycles. The Morgan fingerprint density at radius 2 is 1.29 bits per heavy atom. The second-order valence-corrected chi connectivity index (χ2v) is 2.35. The summed E-state index contributed by atoms with van der Waals surface area (Å²) in [5.74, 6) is 0. The molecule has 0 aromatic carbocycles. The lowest BCUT2D eigenvalue weighted by atomic mass is 11.3. The minimum absolute atomic E-state index is 0.111. The van der Waals surface area contributed by atoms with Crippen molar-refractivity contribution in [2.24, 2.45) is 0 Å². The number of hydrogen-bond donors (Lipinski definition) is 0. The van der Waals surface area contributed by atoms with Gasteiger partial charge >= 0.3 is 0 Å². The molecular weight excluding hydrogens is 178 g/mol. The van der Waals surface area contributed by atoms with E-state index in [0.717, 1.165) is 0 Å². The quantitative estimate of drug-likeness (QED) is 0.503. The first kappa shape index (κ1) is 10.8.